The van der Waals surface area contributed by atoms with Crippen molar-refractivity contribution >= 4 is 11.6 Å². The molecule has 4 heteroatoms. The van der Waals surface area contributed by atoms with Crippen molar-refractivity contribution in [3.63, 3.8) is 0 Å². The first kappa shape index (κ1) is 15.3. The highest BCUT2D eigenvalue weighted by Gasteiger charge is 2.10. The smallest absolute Gasteiger partial charge is 0.255 e. The van der Waals surface area contributed by atoms with Crippen molar-refractivity contribution in [3.05, 3.63) is 90.0 Å². The van der Waals surface area contributed by atoms with Crippen LogP contribution in [0.15, 0.2) is 78.9 Å². The van der Waals surface area contributed by atoms with E-state index in [0.29, 0.717) is 28.3 Å². The third-order valence-corrected chi connectivity index (χ3v) is 3.38. The quantitative estimate of drug-likeness (QED) is 0.765. The Kier molecular flexibility index (Phi) is 4.55. The van der Waals surface area contributed by atoms with Crippen molar-refractivity contribution in [2.45, 2.75) is 0 Å². The molecule has 0 spiro atoms. The summed E-state index contributed by atoms with van der Waals surface area (Å²) in [6, 6.07) is 25.1. The molecule has 0 aliphatic rings. The summed E-state index contributed by atoms with van der Waals surface area (Å²) in [5.41, 5.74) is 1.57. The summed E-state index contributed by atoms with van der Waals surface area (Å²) in [5.74, 6) is 0.992. The lowest BCUT2D eigenvalue weighted by molar-refractivity contribution is 0.102. The molecule has 3 aromatic carbocycles. The van der Waals surface area contributed by atoms with Gasteiger partial charge in [0.1, 0.15) is 5.75 Å². The van der Waals surface area contributed by atoms with Crippen LogP contribution in [0.2, 0.25) is 0 Å². The average Bonchev–Trinajstić information content (AvgIpc) is 2.64. The van der Waals surface area contributed by atoms with Gasteiger partial charge in [-0.1, -0.05) is 30.3 Å². The lowest BCUT2D eigenvalue weighted by atomic mass is 10.1. The largest absolute Gasteiger partial charge is 0.455 e. The number of benzene rings is 3. The van der Waals surface area contributed by atoms with E-state index in [4.69, 9.17) is 10.00 Å². The Hall–Kier alpha value is -3.58. The first-order chi connectivity index (χ1) is 11.8. The normalized spacial score (nSPS) is 9.79. The zero-order chi connectivity index (χ0) is 16.8. The van der Waals surface area contributed by atoms with Crippen molar-refractivity contribution in [2.75, 3.05) is 5.32 Å². The van der Waals surface area contributed by atoms with Crippen molar-refractivity contribution in [3.8, 4) is 17.6 Å². The molecule has 1 amide bonds. The summed E-state index contributed by atoms with van der Waals surface area (Å²) in [6.45, 7) is 0. The second kappa shape index (κ2) is 7.12. The summed E-state index contributed by atoms with van der Waals surface area (Å²) in [7, 11) is 0. The van der Waals surface area contributed by atoms with E-state index >= 15 is 0 Å². The second-order valence-corrected chi connectivity index (χ2v) is 5.05. The topological polar surface area (TPSA) is 62.1 Å². The predicted molar refractivity (Wildman–Crippen MR) is 92.1 cm³/mol. The SMILES string of the molecule is N#Cc1ccc(C(=O)Nc2ccccc2Oc2ccccc2)cc1. The molecule has 0 unspecified atom stereocenters. The Morgan fingerprint density at radius 1 is 0.875 bits per heavy atom. The van der Waals surface area contributed by atoms with E-state index in [1.54, 1.807) is 36.4 Å². The fraction of sp³-hybridized carbons (Fsp3) is 0. The fourth-order valence-corrected chi connectivity index (χ4v) is 2.17. The molecule has 0 saturated heterocycles. The summed E-state index contributed by atoms with van der Waals surface area (Å²) >= 11 is 0. The number of carbonyl (C=O) groups excluding carboxylic acids is 1. The van der Waals surface area contributed by atoms with Crippen LogP contribution < -0.4 is 10.1 Å². The lowest BCUT2D eigenvalue weighted by Gasteiger charge is -2.12. The third kappa shape index (κ3) is 3.60. The number of hydrogen-bond acceptors (Lipinski definition) is 3. The first-order valence-corrected chi connectivity index (χ1v) is 7.40. The summed E-state index contributed by atoms with van der Waals surface area (Å²) in [6.07, 6.45) is 0. The van der Waals surface area contributed by atoms with Crippen molar-refractivity contribution in [1.29, 1.82) is 5.26 Å². The fourth-order valence-electron chi connectivity index (χ4n) is 2.17. The van der Waals surface area contributed by atoms with Crippen LogP contribution in [0.5, 0.6) is 11.5 Å². The molecule has 116 valence electrons. The molecule has 0 heterocycles. The number of para-hydroxylation sites is 3. The van der Waals surface area contributed by atoms with Crippen molar-refractivity contribution in [1.82, 2.24) is 0 Å². The maximum atomic E-state index is 12.4. The van der Waals surface area contributed by atoms with Gasteiger partial charge in [-0.2, -0.15) is 5.26 Å². The number of amides is 1. The Morgan fingerprint density at radius 2 is 1.54 bits per heavy atom. The minimum Gasteiger partial charge on any atom is -0.455 e. The molecule has 1 N–H and O–H groups in total. The van der Waals surface area contributed by atoms with Gasteiger partial charge >= 0.3 is 0 Å². The molecule has 3 aromatic rings. The lowest BCUT2D eigenvalue weighted by Crippen LogP contribution is -2.12. The van der Waals surface area contributed by atoms with Gasteiger partial charge in [0, 0.05) is 5.56 Å². The molecule has 0 bridgehead atoms. The Morgan fingerprint density at radius 3 is 2.25 bits per heavy atom. The first-order valence-electron chi connectivity index (χ1n) is 7.40. The van der Waals surface area contributed by atoms with E-state index in [0.717, 1.165) is 0 Å². The van der Waals surface area contributed by atoms with E-state index in [1.807, 2.05) is 48.5 Å². The molecule has 0 aliphatic carbocycles. The molecule has 0 radical (unpaired) electrons. The van der Waals surface area contributed by atoms with Crippen LogP contribution in [-0.4, -0.2) is 5.91 Å². The van der Waals surface area contributed by atoms with Crippen LogP contribution >= 0.6 is 0 Å². The number of nitriles is 1. The Labute approximate surface area is 139 Å². The number of nitrogens with zero attached hydrogens (tertiary/aromatic N) is 1. The van der Waals surface area contributed by atoms with Gasteiger partial charge in [-0.15, -0.1) is 0 Å². The van der Waals surface area contributed by atoms with Crippen LogP contribution in [0.25, 0.3) is 0 Å². The number of carbonyl (C=O) groups is 1. The second-order valence-electron chi connectivity index (χ2n) is 5.05. The molecule has 0 saturated carbocycles. The molecule has 0 fully saturated rings. The van der Waals surface area contributed by atoms with Crippen molar-refractivity contribution in [2.24, 2.45) is 0 Å². The number of nitrogens with one attached hydrogen (secondary N) is 1. The van der Waals surface area contributed by atoms with Crippen LogP contribution in [0.3, 0.4) is 0 Å². The van der Waals surface area contributed by atoms with Gasteiger partial charge in [0.05, 0.1) is 17.3 Å². The zero-order valence-electron chi connectivity index (χ0n) is 12.8. The van der Waals surface area contributed by atoms with Gasteiger partial charge in [-0.3, -0.25) is 4.79 Å². The zero-order valence-corrected chi connectivity index (χ0v) is 12.8. The number of rotatable bonds is 4. The standard InChI is InChI=1S/C20H14N2O2/c21-14-15-10-12-16(13-11-15)20(23)22-18-8-4-5-9-19(18)24-17-6-2-1-3-7-17/h1-13H,(H,22,23). The molecular formula is C20H14N2O2. The molecule has 0 aliphatic heterocycles. The van der Waals surface area contributed by atoms with Crippen LogP contribution in [0, 0.1) is 11.3 Å². The monoisotopic (exact) mass is 314 g/mol. The van der Waals surface area contributed by atoms with Gasteiger partial charge in [0.15, 0.2) is 5.75 Å². The van der Waals surface area contributed by atoms with Gasteiger partial charge < -0.3 is 10.1 Å². The van der Waals surface area contributed by atoms with E-state index in [-0.39, 0.29) is 5.91 Å². The van der Waals surface area contributed by atoms with Gasteiger partial charge in [-0.25, -0.2) is 0 Å². The predicted octanol–water partition coefficient (Wildman–Crippen LogP) is 4.60. The summed E-state index contributed by atoms with van der Waals surface area (Å²) in [5, 5.41) is 11.6. The Bertz CT molecular complexity index is 882. The molecule has 24 heavy (non-hydrogen) atoms. The highest BCUT2D eigenvalue weighted by Crippen LogP contribution is 2.29. The minimum absolute atomic E-state index is 0.261. The number of ether oxygens (including phenoxy) is 1. The minimum atomic E-state index is -0.261. The molecular weight excluding hydrogens is 300 g/mol. The molecule has 4 nitrogen and oxygen atoms in total. The maximum absolute atomic E-state index is 12.4. The summed E-state index contributed by atoms with van der Waals surface area (Å²) in [4.78, 5) is 12.4. The molecule has 3 rings (SSSR count). The van der Waals surface area contributed by atoms with Crippen molar-refractivity contribution < 1.29 is 9.53 Å². The van der Waals surface area contributed by atoms with Gasteiger partial charge in [0.25, 0.3) is 5.91 Å². The van der Waals surface area contributed by atoms with E-state index in [2.05, 4.69) is 5.32 Å². The molecule has 0 atom stereocenters. The Balaban J connectivity index is 1.79. The van der Waals surface area contributed by atoms with Crippen LogP contribution in [0.4, 0.5) is 5.69 Å². The average molecular weight is 314 g/mol. The highest BCUT2D eigenvalue weighted by molar-refractivity contribution is 6.05. The van der Waals surface area contributed by atoms with Gasteiger partial charge in [-0.05, 0) is 48.5 Å². The van der Waals surface area contributed by atoms with E-state index in [1.165, 1.54) is 0 Å². The number of hydrogen-bond donors (Lipinski definition) is 1. The third-order valence-electron chi connectivity index (χ3n) is 3.38. The summed E-state index contributed by atoms with van der Waals surface area (Å²) < 4.78 is 5.82. The number of anilines is 1. The van der Waals surface area contributed by atoms with E-state index < -0.39 is 0 Å². The van der Waals surface area contributed by atoms with Gasteiger partial charge in [0.2, 0.25) is 0 Å². The van der Waals surface area contributed by atoms with Crippen LogP contribution in [-0.2, 0) is 0 Å². The molecule has 0 aromatic heterocycles. The van der Waals surface area contributed by atoms with Crippen LogP contribution in [0.1, 0.15) is 15.9 Å². The highest BCUT2D eigenvalue weighted by atomic mass is 16.5. The van der Waals surface area contributed by atoms with E-state index in [9.17, 15) is 4.79 Å². The maximum Gasteiger partial charge on any atom is 0.255 e.